The molecule has 2 aromatic heterocycles. The van der Waals surface area contributed by atoms with Crippen LogP contribution in [0.1, 0.15) is 0 Å². The van der Waals surface area contributed by atoms with Crippen LogP contribution in [0.4, 0.5) is 0 Å². The van der Waals surface area contributed by atoms with Gasteiger partial charge in [0.15, 0.2) is 17.5 Å². The lowest BCUT2D eigenvalue weighted by molar-refractivity contribution is 1.08. The topological polar surface area (TPSA) is 38.7 Å². The molecular formula is C39H25N3S. The predicted molar refractivity (Wildman–Crippen MR) is 180 cm³/mol. The van der Waals surface area contributed by atoms with Crippen molar-refractivity contribution in [1.82, 2.24) is 15.0 Å². The molecule has 0 radical (unpaired) electrons. The van der Waals surface area contributed by atoms with Gasteiger partial charge in [-0.3, -0.25) is 0 Å². The maximum atomic E-state index is 5.09. The van der Waals surface area contributed by atoms with Gasteiger partial charge in [-0.05, 0) is 34.4 Å². The Morgan fingerprint density at radius 1 is 0.326 bits per heavy atom. The first-order chi connectivity index (χ1) is 21.3. The highest BCUT2D eigenvalue weighted by Crippen LogP contribution is 2.39. The lowest BCUT2D eigenvalue weighted by atomic mass is 10.0. The van der Waals surface area contributed by atoms with Crippen molar-refractivity contribution in [2.45, 2.75) is 0 Å². The molecule has 0 aliphatic heterocycles. The van der Waals surface area contributed by atoms with Gasteiger partial charge in [-0.2, -0.15) is 0 Å². The third-order valence-electron chi connectivity index (χ3n) is 7.78. The zero-order valence-electron chi connectivity index (χ0n) is 23.2. The van der Waals surface area contributed by atoms with Crippen LogP contribution in [-0.2, 0) is 0 Å². The van der Waals surface area contributed by atoms with Crippen LogP contribution in [0.25, 0.3) is 76.6 Å². The minimum atomic E-state index is 0.656. The van der Waals surface area contributed by atoms with E-state index in [1.165, 1.54) is 31.3 Å². The lowest BCUT2D eigenvalue weighted by Gasteiger charge is -2.11. The maximum Gasteiger partial charge on any atom is 0.164 e. The molecule has 0 bridgehead atoms. The fourth-order valence-corrected chi connectivity index (χ4v) is 6.73. The van der Waals surface area contributed by atoms with Crippen molar-refractivity contribution in [3.63, 3.8) is 0 Å². The van der Waals surface area contributed by atoms with Crippen LogP contribution in [0, 0.1) is 0 Å². The van der Waals surface area contributed by atoms with Gasteiger partial charge in [0.2, 0.25) is 0 Å². The maximum absolute atomic E-state index is 5.09. The molecule has 0 atom stereocenters. The first kappa shape index (κ1) is 25.3. The van der Waals surface area contributed by atoms with Gasteiger partial charge in [-0.15, -0.1) is 11.3 Å². The van der Waals surface area contributed by atoms with Gasteiger partial charge >= 0.3 is 0 Å². The van der Waals surface area contributed by atoms with E-state index in [1.807, 2.05) is 12.1 Å². The Morgan fingerprint density at radius 2 is 0.767 bits per heavy atom. The molecule has 0 N–H and O–H groups in total. The molecule has 0 unspecified atom stereocenters. The Bertz CT molecular complexity index is 2100. The van der Waals surface area contributed by atoms with Gasteiger partial charge in [0.05, 0.1) is 0 Å². The van der Waals surface area contributed by atoms with Crippen molar-refractivity contribution in [3.05, 3.63) is 152 Å². The van der Waals surface area contributed by atoms with Gasteiger partial charge in [0.1, 0.15) is 0 Å². The molecule has 202 valence electrons. The molecule has 3 nitrogen and oxygen atoms in total. The second-order valence-electron chi connectivity index (χ2n) is 10.5. The van der Waals surface area contributed by atoms with E-state index in [2.05, 4.69) is 140 Å². The molecule has 0 aliphatic rings. The van der Waals surface area contributed by atoms with Crippen molar-refractivity contribution in [2.24, 2.45) is 0 Å². The fraction of sp³-hybridized carbons (Fsp3) is 0. The van der Waals surface area contributed by atoms with E-state index in [-0.39, 0.29) is 0 Å². The summed E-state index contributed by atoms with van der Waals surface area (Å²) in [5.74, 6) is 1.99. The quantitative estimate of drug-likeness (QED) is 0.208. The zero-order chi connectivity index (χ0) is 28.6. The molecule has 8 aromatic rings. The molecule has 6 aromatic carbocycles. The summed E-state index contributed by atoms with van der Waals surface area (Å²) in [4.78, 5) is 15.2. The molecule has 43 heavy (non-hydrogen) atoms. The number of aromatic nitrogens is 3. The number of fused-ring (bicyclic) bond motifs is 3. The summed E-state index contributed by atoms with van der Waals surface area (Å²) in [6, 6.07) is 52.7. The van der Waals surface area contributed by atoms with Crippen molar-refractivity contribution in [2.75, 3.05) is 0 Å². The highest BCUT2D eigenvalue weighted by Gasteiger charge is 2.17. The Morgan fingerprint density at radius 3 is 1.35 bits per heavy atom. The highest BCUT2D eigenvalue weighted by molar-refractivity contribution is 7.25. The molecule has 4 heteroatoms. The monoisotopic (exact) mass is 567 g/mol. The normalized spacial score (nSPS) is 11.3. The average Bonchev–Trinajstić information content (AvgIpc) is 3.48. The predicted octanol–water partition coefficient (Wildman–Crippen LogP) is 10.6. The summed E-state index contributed by atoms with van der Waals surface area (Å²) in [7, 11) is 0. The summed E-state index contributed by atoms with van der Waals surface area (Å²) in [6.45, 7) is 0. The van der Waals surface area contributed by atoms with Gasteiger partial charge in [0, 0.05) is 36.9 Å². The van der Waals surface area contributed by atoms with Crippen molar-refractivity contribution in [3.8, 4) is 56.4 Å². The number of rotatable bonds is 5. The Balaban J connectivity index is 1.29. The van der Waals surface area contributed by atoms with Crippen LogP contribution in [-0.4, -0.2) is 15.0 Å². The molecule has 8 rings (SSSR count). The number of benzene rings is 6. The number of nitrogens with zero attached hydrogens (tertiary/aromatic N) is 3. The van der Waals surface area contributed by atoms with Gasteiger partial charge in [0.25, 0.3) is 0 Å². The SMILES string of the molecule is c1ccc(-c2ccc(-c3nc(-c4ccc(-c5ccccc5)cc4)nc(-c4cccc5sc6ccccc6c45)n3)cc2)cc1. The van der Waals surface area contributed by atoms with Crippen LogP contribution < -0.4 is 0 Å². The van der Waals surface area contributed by atoms with Crippen LogP contribution in [0.5, 0.6) is 0 Å². The molecule has 0 fully saturated rings. The zero-order valence-corrected chi connectivity index (χ0v) is 24.0. The first-order valence-corrected chi connectivity index (χ1v) is 15.1. The van der Waals surface area contributed by atoms with Crippen LogP contribution in [0.3, 0.4) is 0 Å². The minimum absolute atomic E-state index is 0.656. The standard InChI is InChI=1S/C39H25N3S/c1-3-10-26(11-4-1)28-18-22-30(23-19-28)37-40-38(31-24-20-29(21-25-31)27-12-5-2-6-13-27)42-39(41-37)33-15-9-17-35-36(33)32-14-7-8-16-34(32)43-35/h1-25H. The third kappa shape index (κ3) is 4.78. The summed E-state index contributed by atoms with van der Waals surface area (Å²) in [5, 5.41) is 2.41. The van der Waals surface area contributed by atoms with Crippen molar-refractivity contribution >= 4 is 31.5 Å². The minimum Gasteiger partial charge on any atom is -0.208 e. The molecule has 0 amide bonds. The molecule has 0 spiro atoms. The number of hydrogen-bond donors (Lipinski definition) is 0. The van der Waals surface area contributed by atoms with E-state index < -0.39 is 0 Å². The van der Waals surface area contributed by atoms with Gasteiger partial charge in [-0.1, -0.05) is 140 Å². The third-order valence-corrected chi connectivity index (χ3v) is 8.92. The average molecular weight is 568 g/mol. The van der Waals surface area contributed by atoms with E-state index in [4.69, 9.17) is 15.0 Å². The molecule has 0 saturated heterocycles. The number of thiophene rings is 1. The summed E-state index contributed by atoms with van der Waals surface area (Å²) in [5.41, 5.74) is 7.60. The second-order valence-corrected chi connectivity index (χ2v) is 11.6. The number of hydrogen-bond acceptors (Lipinski definition) is 4. The molecule has 0 saturated carbocycles. The Kier molecular flexibility index (Phi) is 6.32. The lowest BCUT2D eigenvalue weighted by Crippen LogP contribution is -2.00. The second kappa shape index (κ2) is 10.8. The van der Waals surface area contributed by atoms with Crippen LogP contribution in [0.2, 0.25) is 0 Å². The Labute approximate surface area is 253 Å². The van der Waals surface area contributed by atoms with Crippen molar-refractivity contribution < 1.29 is 0 Å². The summed E-state index contributed by atoms with van der Waals surface area (Å²) < 4.78 is 2.48. The van der Waals surface area contributed by atoms with Gasteiger partial charge < -0.3 is 0 Å². The largest absolute Gasteiger partial charge is 0.208 e. The van der Waals surface area contributed by atoms with E-state index in [0.29, 0.717) is 17.5 Å². The molecule has 2 heterocycles. The van der Waals surface area contributed by atoms with Crippen molar-refractivity contribution in [1.29, 1.82) is 0 Å². The Hall–Kier alpha value is -5.45. The van der Waals surface area contributed by atoms with Crippen LogP contribution >= 0.6 is 11.3 Å². The smallest absolute Gasteiger partial charge is 0.164 e. The highest BCUT2D eigenvalue weighted by atomic mass is 32.1. The van der Waals surface area contributed by atoms with E-state index in [1.54, 1.807) is 11.3 Å². The first-order valence-electron chi connectivity index (χ1n) is 14.3. The van der Waals surface area contributed by atoms with Gasteiger partial charge in [-0.25, -0.2) is 15.0 Å². The van der Waals surface area contributed by atoms with E-state index in [0.717, 1.165) is 27.8 Å². The summed E-state index contributed by atoms with van der Waals surface area (Å²) in [6.07, 6.45) is 0. The van der Waals surface area contributed by atoms with E-state index >= 15 is 0 Å². The molecule has 0 aliphatic carbocycles. The summed E-state index contributed by atoms with van der Waals surface area (Å²) >= 11 is 1.80. The molecular weight excluding hydrogens is 543 g/mol. The van der Waals surface area contributed by atoms with Crippen LogP contribution in [0.15, 0.2) is 152 Å². The van der Waals surface area contributed by atoms with E-state index in [9.17, 15) is 0 Å². The fourth-order valence-electron chi connectivity index (χ4n) is 5.60.